The van der Waals surface area contributed by atoms with Gasteiger partial charge in [0.05, 0.1) is 6.61 Å². The third-order valence-electron chi connectivity index (χ3n) is 4.31. The summed E-state index contributed by atoms with van der Waals surface area (Å²) in [4.78, 5) is 2.59. The van der Waals surface area contributed by atoms with E-state index in [4.69, 9.17) is 10.5 Å². The topological polar surface area (TPSA) is 38.5 Å². The SMILES string of the molecule is CCCN(CCOC)C1(CN)CCC(C)CC1. The van der Waals surface area contributed by atoms with Gasteiger partial charge in [-0.1, -0.05) is 13.8 Å². The van der Waals surface area contributed by atoms with Gasteiger partial charge in [-0.2, -0.15) is 0 Å². The molecule has 1 aliphatic rings. The first-order valence-corrected chi connectivity index (χ1v) is 7.12. The molecule has 0 saturated heterocycles. The molecule has 0 atom stereocenters. The molecule has 3 nitrogen and oxygen atoms in total. The Morgan fingerprint density at radius 1 is 1.29 bits per heavy atom. The third kappa shape index (κ3) is 3.94. The van der Waals surface area contributed by atoms with Crippen molar-refractivity contribution in [3.05, 3.63) is 0 Å². The summed E-state index contributed by atoms with van der Waals surface area (Å²) >= 11 is 0. The number of rotatable bonds is 7. The number of ether oxygens (including phenoxy) is 1. The van der Waals surface area contributed by atoms with Crippen LogP contribution < -0.4 is 5.73 Å². The Morgan fingerprint density at radius 3 is 2.41 bits per heavy atom. The van der Waals surface area contributed by atoms with Crippen LogP contribution in [0, 0.1) is 5.92 Å². The minimum absolute atomic E-state index is 0.251. The predicted molar refractivity (Wildman–Crippen MR) is 73.2 cm³/mol. The second-order valence-corrected chi connectivity index (χ2v) is 5.59. The third-order valence-corrected chi connectivity index (χ3v) is 4.31. The highest BCUT2D eigenvalue weighted by molar-refractivity contribution is 4.95. The van der Waals surface area contributed by atoms with Crippen LogP contribution in [0.4, 0.5) is 0 Å². The second kappa shape index (κ2) is 7.34. The Labute approximate surface area is 107 Å². The summed E-state index contributed by atoms with van der Waals surface area (Å²) in [6.45, 7) is 8.39. The van der Waals surface area contributed by atoms with Crippen LogP contribution in [-0.4, -0.2) is 43.8 Å². The lowest BCUT2D eigenvalue weighted by Gasteiger charge is -2.47. The Bertz CT molecular complexity index is 200. The smallest absolute Gasteiger partial charge is 0.0589 e. The molecule has 0 heterocycles. The van der Waals surface area contributed by atoms with Gasteiger partial charge in [-0.25, -0.2) is 0 Å². The normalized spacial score (nSPS) is 29.8. The molecule has 102 valence electrons. The Kier molecular flexibility index (Phi) is 6.45. The van der Waals surface area contributed by atoms with Crippen molar-refractivity contribution in [1.29, 1.82) is 0 Å². The number of hydrogen-bond acceptors (Lipinski definition) is 3. The van der Waals surface area contributed by atoms with E-state index < -0.39 is 0 Å². The molecule has 0 bridgehead atoms. The van der Waals surface area contributed by atoms with Gasteiger partial charge in [0.1, 0.15) is 0 Å². The maximum Gasteiger partial charge on any atom is 0.0589 e. The molecule has 17 heavy (non-hydrogen) atoms. The van der Waals surface area contributed by atoms with Gasteiger partial charge in [-0.05, 0) is 44.6 Å². The van der Waals surface area contributed by atoms with E-state index >= 15 is 0 Å². The Morgan fingerprint density at radius 2 is 1.94 bits per heavy atom. The maximum absolute atomic E-state index is 6.10. The van der Waals surface area contributed by atoms with Gasteiger partial charge in [-0.15, -0.1) is 0 Å². The number of methoxy groups -OCH3 is 1. The van der Waals surface area contributed by atoms with Crippen LogP contribution in [0.3, 0.4) is 0 Å². The molecule has 1 rings (SSSR count). The molecular formula is C14H30N2O. The van der Waals surface area contributed by atoms with E-state index in [0.717, 1.165) is 32.2 Å². The monoisotopic (exact) mass is 242 g/mol. The summed E-state index contributed by atoms with van der Waals surface area (Å²) in [5.74, 6) is 0.876. The van der Waals surface area contributed by atoms with Crippen LogP contribution in [0.15, 0.2) is 0 Å². The van der Waals surface area contributed by atoms with E-state index in [1.54, 1.807) is 7.11 Å². The first kappa shape index (κ1) is 14.9. The summed E-state index contributed by atoms with van der Waals surface area (Å²) in [5.41, 5.74) is 6.36. The van der Waals surface area contributed by atoms with Crippen molar-refractivity contribution in [3.63, 3.8) is 0 Å². The van der Waals surface area contributed by atoms with Gasteiger partial charge in [0.25, 0.3) is 0 Å². The zero-order valence-corrected chi connectivity index (χ0v) is 11.9. The van der Waals surface area contributed by atoms with Crippen molar-refractivity contribution in [1.82, 2.24) is 4.90 Å². The molecule has 0 radical (unpaired) electrons. The molecule has 1 fully saturated rings. The molecule has 2 N–H and O–H groups in total. The predicted octanol–water partition coefficient (Wildman–Crippen LogP) is 2.25. The Balaban J connectivity index is 2.65. The Hall–Kier alpha value is -0.120. The van der Waals surface area contributed by atoms with Crippen LogP contribution in [0.2, 0.25) is 0 Å². The van der Waals surface area contributed by atoms with E-state index in [1.165, 1.54) is 32.1 Å². The van der Waals surface area contributed by atoms with Crippen LogP contribution >= 0.6 is 0 Å². The highest BCUT2D eigenvalue weighted by Crippen LogP contribution is 2.35. The largest absolute Gasteiger partial charge is 0.383 e. The maximum atomic E-state index is 6.10. The lowest BCUT2D eigenvalue weighted by molar-refractivity contribution is 0.0243. The highest BCUT2D eigenvalue weighted by Gasteiger charge is 2.37. The van der Waals surface area contributed by atoms with Crippen molar-refractivity contribution in [3.8, 4) is 0 Å². The molecule has 0 amide bonds. The minimum Gasteiger partial charge on any atom is -0.383 e. The van der Waals surface area contributed by atoms with Crippen LogP contribution in [0.1, 0.15) is 46.0 Å². The van der Waals surface area contributed by atoms with E-state index in [-0.39, 0.29) is 5.54 Å². The molecule has 3 heteroatoms. The standard InChI is InChI=1S/C14H30N2O/c1-4-9-16(10-11-17-3)14(12-15)7-5-13(2)6-8-14/h13H,4-12,15H2,1-3H3. The molecule has 0 aromatic carbocycles. The molecule has 0 unspecified atom stereocenters. The quantitative estimate of drug-likeness (QED) is 0.744. The van der Waals surface area contributed by atoms with Gasteiger partial charge in [0.15, 0.2) is 0 Å². The zero-order valence-electron chi connectivity index (χ0n) is 11.9. The van der Waals surface area contributed by atoms with Gasteiger partial charge in [-0.3, -0.25) is 4.90 Å². The molecule has 0 aromatic rings. The summed E-state index contributed by atoms with van der Waals surface area (Å²) in [6.07, 6.45) is 6.36. The van der Waals surface area contributed by atoms with Crippen molar-refractivity contribution >= 4 is 0 Å². The van der Waals surface area contributed by atoms with Gasteiger partial charge >= 0.3 is 0 Å². The van der Waals surface area contributed by atoms with E-state index in [9.17, 15) is 0 Å². The fourth-order valence-corrected chi connectivity index (χ4v) is 3.01. The fraction of sp³-hybridized carbons (Fsp3) is 1.00. The average molecular weight is 242 g/mol. The van der Waals surface area contributed by atoms with Gasteiger partial charge in [0.2, 0.25) is 0 Å². The molecule has 0 spiro atoms. The molecule has 1 aliphatic carbocycles. The van der Waals surface area contributed by atoms with E-state index in [2.05, 4.69) is 18.7 Å². The first-order valence-electron chi connectivity index (χ1n) is 7.12. The average Bonchev–Trinajstić information content (AvgIpc) is 2.36. The van der Waals surface area contributed by atoms with Crippen LogP contribution in [0.25, 0.3) is 0 Å². The van der Waals surface area contributed by atoms with Crippen LogP contribution in [-0.2, 0) is 4.74 Å². The van der Waals surface area contributed by atoms with Crippen molar-refractivity contribution in [2.75, 3.05) is 33.4 Å². The summed E-state index contributed by atoms with van der Waals surface area (Å²) < 4.78 is 5.24. The van der Waals surface area contributed by atoms with Crippen molar-refractivity contribution in [2.24, 2.45) is 11.7 Å². The lowest BCUT2D eigenvalue weighted by atomic mass is 9.76. The molecule has 0 aliphatic heterocycles. The minimum atomic E-state index is 0.251. The molecule has 1 saturated carbocycles. The second-order valence-electron chi connectivity index (χ2n) is 5.59. The first-order chi connectivity index (χ1) is 8.18. The number of nitrogens with two attached hydrogens (primary N) is 1. The highest BCUT2D eigenvalue weighted by atomic mass is 16.5. The van der Waals surface area contributed by atoms with Crippen LogP contribution in [0.5, 0.6) is 0 Å². The summed E-state index contributed by atoms with van der Waals surface area (Å²) in [6, 6.07) is 0. The zero-order chi connectivity index (χ0) is 12.7. The molecule has 0 aromatic heterocycles. The number of nitrogens with zero attached hydrogens (tertiary/aromatic N) is 1. The van der Waals surface area contributed by atoms with Crippen molar-refractivity contribution < 1.29 is 4.74 Å². The van der Waals surface area contributed by atoms with E-state index in [0.29, 0.717) is 0 Å². The van der Waals surface area contributed by atoms with Gasteiger partial charge in [0, 0.05) is 25.7 Å². The van der Waals surface area contributed by atoms with E-state index in [1.807, 2.05) is 0 Å². The summed E-state index contributed by atoms with van der Waals surface area (Å²) in [7, 11) is 1.78. The lowest BCUT2D eigenvalue weighted by Crippen LogP contribution is -2.56. The van der Waals surface area contributed by atoms with Gasteiger partial charge < -0.3 is 10.5 Å². The fourth-order valence-electron chi connectivity index (χ4n) is 3.01. The summed E-state index contributed by atoms with van der Waals surface area (Å²) in [5, 5.41) is 0. The van der Waals surface area contributed by atoms with Crippen molar-refractivity contribution in [2.45, 2.75) is 51.5 Å². The number of hydrogen-bond donors (Lipinski definition) is 1. The molecular weight excluding hydrogens is 212 g/mol.